The average Bonchev–Trinajstić information content (AvgIpc) is 2.54. The van der Waals surface area contributed by atoms with Gasteiger partial charge in [0.25, 0.3) is 0 Å². The molecule has 2 aromatic carbocycles. The molecule has 4 heteroatoms. The Morgan fingerprint density at radius 1 is 0.857 bits per heavy atom. The Morgan fingerprint density at radius 2 is 1.38 bits per heavy atom. The van der Waals surface area contributed by atoms with Crippen molar-refractivity contribution >= 4 is 0 Å². The molecule has 0 atom stereocenters. The minimum atomic E-state index is 0.371. The molecule has 0 aliphatic rings. The molecule has 0 heterocycles. The van der Waals surface area contributed by atoms with Crippen molar-refractivity contribution in [1.29, 1.82) is 0 Å². The molecular formula is C17H23NO3. The summed E-state index contributed by atoms with van der Waals surface area (Å²) in [6.45, 7) is 2.45. The lowest BCUT2D eigenvalue weighted by molar-refractivity contribution is 0.369. The molecule has 0 fully saturated rings. The Bertz CT molecular complexity index is 516. The van der Waals surface area contributed by atoms with Gasteiger partial charge in [-0.3, -0.25) is 0 Å². The SMILES string of the molecule is COc1cc(OC)c(CN)c(OC)c1.Cc1ccccc1. The Morgan fingerprint density at radius 3 is 1.67 bits per heavy atom. The van der Waals surface area contributed by atoms with Gasteiger partial charge < -0.3 is 19.9 Å². The van der Waals surface area contributed by atoms with E-state index in [0.29, 0.717) is 23.8 Å². The first kappa shape index (κ1) is 16.9. The van der Waals surface area contributed by atoms with Gasteiger partial charge in [0.05, 0.1) is 21.3 Å². The minimum absolute atomic E-state index is 0.371. The zero-order chi connectivity index (χ0) is 15.7. The van der Waals surface area contributed by atoms with Gasteiger partial charge in [-0.05, 0) is 6.92 Å². The van der Waals surface area contributed by atoms with Crippen molar-refractivity contribution in [2.24, 2.45) is 5.73 Å². The molecule has 0 aliphatic heterocycles. The molecule has 4 nitrogen and oxygen atoms in total. The van der Waals surface area contributed by atoms with E-state index < -0.39 is 0 Å². The highest BCUT2D eigenvalue weighted by atomic mass is 16.5. The number of hydrogen-bond donors (Lipinski definition) is 1. The summed E-state index contributed by atoms with van der Waals surface area (Å²) in [5, 5.41) is 0. The molecule has 2 aromatic rings. The van der Waals surface area contributed by atoms with Crippen LogP contribution in [0.2, 0.25) is 0 Å². The third-order valence-corrected chi connectivity index (χ3v) is 2.96. The van der Waals surface area contributed by atoms with Crippen LogP contribution < -0.4 is 19.9 Å². The van der Waals surface area contributed by atoms with E-state index in [0.717, 1.165) is 5.56 Å². The summed E-state index contributed by atoms with van der Waals surface area (Å²) >= 11 is 0. The zero-order valence-electron chi connectivity index (χ0n) is 13.1. The Balaban J connectivity index is 0.000000262. The highest BCUT2D eigenvalue weighted by molar-refractivity contribution is 5.50. The summed E-state index contributed by atoms with van der Waals surface area (Å²) in [6, 6.07) is 13.8. The van der Waals surface area contributed by atoms with Gasteiger partial charge in [-0.1, -0.05) is 35.9 Å². The van der Waals surface area contributed by atoms with Gasteiger partial charge in [-0.25, -0.2) is 0 Å². The molecule has 0 aromatic heterocycles. The highest BCUT2D eigenvalue weighted by Crippen LogP contribution is 2.33. The molecule has 2 rings (SSSR count). The quantitative estimate of drug-likeness (QED) is 0.939. The second kappa shape index (κ2) is 8.87. The highest BCUT2D eigenvalue weighted by Gasteiger charge is 2.10. The fourth-order valence-electron chi connectivity index (χ4n) is 1.81. The fourth-order valence-corrected chi connectivity index (χ4v) is 1.81. The fraction of sp³-hybridized carbons (Fsp3) is 0.294. The molecule has 21 heavy (non-hydrogen) atoms. The normalized spacial score (nSPS) is 9.38. The van der Waals surface area contributed by atoms with Crippen LogP contribution in [0.3, 0.4) is 0 Å². The van der Waals surface area contributed by atoms with Crippen LogP contribution in [-0.2, 0) is 6.54 Å². The van der Waals surface area contributed by atoms with Crippen molar-refractivity contribution < 1.29 is 14.2 Å². The maximum absolute atomic E-state index is 5.59. The first-order valence-electron chi connectivity index (χ1n) is 6.66. The van der Waals surface area contributed by atoms with Crippen molar-refractivity contribution in [3.05, 3.63) is 53.6 Å². The lowest BCUT2D eigenvalue weighted by atomic mass is 10.1. The zero-order valence-corrected chi connectivity index (χ0v) is 13.1. The monoisotopic (exact) mass is 289 g/mol. The van der Waals surface area contributed by atoms with Crippen molar-refractivity contribution in [2.75, 3.05) is 21.3 Å². The molecule has 0 saturated heterocycles. The molecule has 0 spiro atoms. The van der Waals surface area contributed by atoms with Gasteiger partial charge in [0.1, 0.15) is 17.2 Å². The number of hydrogen-bond acceptors (Lipinski definition) is 4. The van der Waals surface area contributed by atoms with Crippen LogP contribution in [0.15, 0.2) is 42.5 Å². The summed E-state index contributed by atoms with van der Waals surface area (Å²) in [5.41, 5.74) is 7.76. The lowest BCUT2D eigenvalue weighted by Gasteiger charge is -2.13. The predicted molar refractivity (Wildman–Crippen MR) is 85.2 cm³/mol. The van der Waals surface area contributed by atoms with E-state index in [-0.39, 0.29) is 0 Å². The van der Waals surface area contributed by atoms with Gasteiger partial charge in [0.15, 0.2) is 0 Å². The second-order valence-corrected chi connectivity index (χ2v) is 4.37. The van der Waals surface area contributed by atoms with Gasteiger partial charge in [-0.15, -0.1) is 0 Å². The molecule has 0 bridgehead atoms. The van der Waals surface area contributed by atoms with Crippen LogP contribution in [0, 0.1) is 6.92 Å². The van der Waals surface area contributed by atoms with Gasteiger partial charge in [-0.2, -0.15) is 0 Å². The van der Waals surface area contributed by atoms with Crippen LogP contribution in [0.4, 0.5) is 0 Å². The van der Waals surface area contributed by atoms with Crippen molar-refractivity contribution in [2.45, 2.75) is 13.5 Å². The maximum Gasteiger partial charge on any atom is 0.130 e. The van der Waals surface area contributed by atoms with Crippen LogP contribution in [0.5, 0.6) is 17.2 Å². The number of benzene rings is 2. The number of methoxy groups -OCH3 is 3. The molecule has 0 unspecified atom stereocenters. The second-order valence-electron chi connectivity index (χ2n) is 4.37. The summed E-state index contributed by atoms with van der Waals surface area (Å²) in [4.78, 5) is 0. The summed E-state index contributed by atoms with van der Waals surface area (Å²) in [7, 11) is 4.77. The summed E-state index contributed by atoms with van der Waals surface area (Å²) in [5.74, 6) is 2.06. The van der Waals surface area contributed by atoms with E-state index in [1.807, 2.05) is 18.2 Å². The Labute approximate surface area is 126 Å². The van der Waals surface area contributed by atoms with E-state index in [2.05, 4.69) is 19.1 Å². The molecule has 0 aliphatic carbocycles. The predicted octanol–water partition coefficient (Wildman–Crippen LogP) is 3.17. The van der Waals surface area contributed by atoms with Gasteiger partial charge in [0.2, 0.25) is 0 Å². The minimum Gasteiger partial charge on any atom is -0.496 e. The number of aryl methyl sites for hydroxylation is 1. The van der Waals surface area contributed by atoms with Gasteiger partial charge in [0, 0.05) is 24.2 Å². The molecular weight excluding hydrogens is 266 g/mol. The summed E-state index contributed by atoms with van der Waals surface area (Å²) in [6.07, 6.45) is 0. The van der Waals surface area contributed by atoms with E-state index >= 15 is 0 Å². The van der Waals surface area contributed by atoms with Crippen LogP contribution in [-0.4, -0.2) is 21.3 Å². The molecule has 0 radical (unpaired) electrons. The third kappa shape index (κ3) is 5.00. The Hall–Kier alpha value is -2.20. The smallest absolute Gasteiger partial charge is 0.130 e. The lowest BCUT2D eigenvalue weighted by Crippen LogP contribution is -2.03. The third-order valence-electron chi connectivity index (χ3n) is 2.96. The van der Waals surface area contributed by atoms with Crippen molar-refractivity contribution in [3.63, 3.8) is 0 Å². The van der Waals surface area contributed by atoms with E-state index in [9.17, 15) is 0 Å². The number of nitrogens with two attached hydrogens (primary N) is 1. The standard InChI is InChI=1S/C10H15NO3.C7H8/c1-12-7-4-9(13-2)8(6-11)10(5-7)14-3;1-7-5-3-2-4-6-7/h4-5H,6,11H2,1-3H3;2-6H,1H3. The molecule has 2 N–H and O–H groups in total. The van der Waals surface area contributed by atoms with Crippen LogP contribution in [0.1, 0.15) is 11.1 Å². The van der Waals surface area contributed by atoms with Crippen LogP contribution >= 0.6 is 0 Å². The van der Waals surface area contributed by atoms with E-state index in [4.69, 9.17) is 19.9 Å². The molecule has 114 valence electrons. The topological polar surface area (TPSA) is 53.7 Å². The Kier molecular flexibility index (Phi) is 7.12. The number of ether oxygens (including phenoxy) is 3. The van der Waals surface area contributed by atoms with Gasteiger partial charge >= 0.3 is 0 Å². The largest absolute Gasteiger partial charge is 0.496 e. The number of rotatable bonds is 4. The van der Waals surface area contributed by atoms with E-state index in [1.54, 1.807) is 33.5 Å². The maximum atomic E-state index is 5.59. The average molecular weight is 289 g/mol. The van der Waals surface area contributed by atoms with Crippen molar-refractivity contribution in [3.8, 4) is 17.2 Å². The van der Waals surface area contributed by atoms with Crippen molar-refractivity contribution in [1.82, 2.24) is 0 Å². The first-order valence-corrected chi connectivity index (χ1v) is 6.66. The van der Waals surface area contributed by atoms with E-state index in [1.165, 1.54) is 5.56 Å². The van der Waals surface area contributed by atoms with Crippen LogP contribution in [0.25, 0.3) is 0 Å². The molecule has 0 amide bonds. The summed E-state index contributed by atoms with van der Waals surface area (Å²) < 4.78 is 15.5. The first-order chi connectivity index (χ1) is 10.2. The molecule has 0 saturated carbocycles.